The van der Waals surface area contributed by atoms with E-state index in [-0.39, 0.29) is 12.5 Å². The minimum absolute atomic E-state index is 0.0687. The number of aliphatic hydroxyl groups is 1. The molecule has 0 unspecified atom stereocenters. The fourth-order valence-corrected chi connectivity index (χ4v) is 4.34. The number of benzene rings is 2. The normalized spacial score (nSPS) is 13.5. The van der Waals surface area contributed by atoms with Crippen LogP contribution in [0.2, 0.25) is 0 Å². The van der Waals surface area contributed by atoms with Gasteiger partial charge < -0.3 is 16.2 Å². The van der Waals surface area contributed by atoms with Crippen molar-refractivity contribution < 1.29 is 9.90 Å². The number of hydrogen-bond acceptors (Lipinski definition) is 5. The summed E-state index contributed by atoms with van der Waals surface area (Å²) in [7, 11) is 0. The molecule has 0 atom stereocenters. The molecule has 0 bridgehead atoms. The topological polar surface area (TPSA) is 106 Å². The highest BCUT2D eigenvalue weighted by molar-refractivity contribution is 5.95. The molecule has 0 aliphatic heterocycles. The predicted octanol–water partition coefficient (Wildman–Crippen LogP) is 4.60. The molecule has 0 spiro atoms. The Balaban J connectivity index is 1.69. The number of aliphatic hydroxyl groups excluding tert-OH is 1. The molecule has 1 aliphatic rings. The molecule has 1 amide bonds. The second kappa shape index (κ2) is 8.91. The van der Waals surface area contributed by atoms with Gasteiger partial charge in [0, 0.05) is 29.4 Å². The van der Waals surface area contributed by atoms with Crippen LogP contribution in [0.1, 0.15) is 54.1 Å². The first-order valence-corrected chi connectivity index (χ1v) is 11.7. The summed E-state index contributed by atoms with van der Waals surface area (Å²) in [5, 5.41) is 13.3. The third-order valence-electron chi connectivity index (χ3n) is 6.26. The van der Waals surface area contributed by atoms with Crippen LogP contribution in [0.5, 0.6) is 0 Å². The number of amides is 1. The van der Waals surface area contributed by atoms with E-state index in [2.05, 4.69) is 25.2 Å². The second-order valence-electron chi connectivity index (χ2n) is 9.34. The molecule has 2 heterocycles. The number of nitrogens with zero attached hydrogens (tertiary/aromatic N) is 3. The number of carbonyl (C=O) groups excluding carboxylic acids is 1. The second-order valence-corrected chi connectivity index (χ2v) is 9.34. The lowest BCUT2D eigenvalue weighted by molar-refractivity contribution is 0.0999. The van der Waals surface area contributed by atoms with Crippen LogP contribution >= 0.6 is 0 Å². The molecule has 4 N–H and O–H groups in total. The molecule has 1 saturated carbocycles. The van der Waals surface area contributed by atoms with Crippen molar-refractivity contribution in [1.82, 2.24) is 14.4 Å². The van der Waals surface area contributed by atoms with Crippen LogP contribution in [0, 0.1) is 5.92 Å². The molecule has 5 rings (SSSR count). The van der Waals surface area contributed by atoms with Gasteiger partial charge in [0.2, 0.25) is 5.91 Å². The van der Waals surface area contributed by atoms with Crippen molar-refractivity contribution in [2.24, 2.45) is 11.7 Å². The van der Waals surface area contributed by atoms with Crippen molar-refractivity contribution in [3.8, 4) is 22.5 Å². The molecule has 0 saturated heterocycles. The van der Waals surface area contributed by atoms with Gasteiger partial charge in [-0.3, -0.25) is 9.20 Å². The maximum atomic E-state index is 12.0. The molecule has 174 valence electrons. The van der Waals surface area contributed by atoms with E-state index in [1.165, 1.54) is 0 Å². The van der Waals surface area contributed by atoms with E-state index in [1.807, 2.05) is 53.2 Å². The van der Waals surface area contributed by atoms with E-state index < -0.39 is 0 Å². The molecule has 7 nitrogen and oxygen atoms in total. The Kier molecular flexibility index (Phi) is 5.79. The van der Waals surface area contributed by atoms with Gasteiger partial charge >= 0.3 is 0 Å². The molecule has 7 heteroatoms. The van der Waals surface area contributed by atoms with E-state index >= 15 is 0 Å². The van der Waals surface area contributed by atoms with Crippen LogP contribution in [0.4, 0.5) is 5.82 Å². The average Bonchev–Trinajstić information content (AvgIpc) is 3.60. The summed E-state index contributed by atoms with van der Waals surface area (Å²) in [4.78, 5) is 21.5. The molecule has 0 radical (unpaired) electrons. The van der Waals surface area contributed by atoms with Gasteiger partial charge in [-0.1, -0.05) is 44.2 Å². The first kappa shape index (κ1) is 22.1. The summed E-state index contributed by atoms with van der Waals surface area (Å²) in [5.41, 5.74) is 12.3. The maximum Gasteiger partial charge on any atom is 0.248 e. The number of anilines is 1. The number of fused-ring (bicyclic) bond motifs is 1. The number of hydrogen-bond donors (Lipinski definition) is 3. The monoisotopic (exact) mass is 455 g/mol. The van der Waals surface area contributed by atoms with Crippen LogP contribution in [-0.2, 0) is 6.61 Å². The van der Waals surface area contributed by atoms with Gasteiger partial charge in [0.15, 0.2) is 11.5 Å². The lowest BCUT2D eigenvalue weighted by Gasteiger charge is -2.14. The van der Waals surface area contributed by atoms with Gasteiger partial charge in [0.05, 0.1) is 24.2 Å². The van der Waals surface area contributed by atoms with E-state index in [0.717, 1.165) is 58.7 Å². The van der Waals surface area contributed by atoms with E-state index in [9.17, 15) is 9.90 Å². The molecule has 1 fully saturated rings. The Morgan fingerprint density at radius 2 is 2.03 bits per heavy atom. The van der Waals surface area contributed by atoms with Crippen LogP contribution in [0.25, 0.3) is 28.2 Å². The van der Waals surface area contributed by atoms with Gasteiger partial charge in [0.1, 0.15) is 0 Å². The highest BCUT2D eigenvalue weighted by atomic mass is 16.3. The molecule has 2 aromatic carbocycles. The smallest absolute Gasteiger partial charge is 0.248 e. The average molecular weight is 456 g/mol. The summed E-state index contributed by atoms with van der Waals surface area (Å²) in [5.74, 6) is 1.13. The van der Waals surface area contributed by atoms with Crippen LogP contribution in [-0.4, -0.2) is 31.9 Å². The van der Waals surface area contributed by atoms with Gasteiger partial charge in [-0.25, -0.2) is 9.97 Å². The van der Waals surface area contributed by atoms with Crippen LogP contribution in [0.15, 0.2) is 54.9 Å². The van der Waals surface area contributed by atoms with Crippen molar-refractivity contribution in [3.05, 3.63) is 71.5 Å². The number of carbonyl (C=O) groups is 1. The lowest BCUT2D eigenvalue weighted by Crippen LogP contribution is -2.13. The quantitative estimate of drug-likeness (QED) is 0.360. The molecule has 4 aromatic rings. The van der Waals surface area contributed by atoms with Gasteiger partial charge in [-0.2, -0.15) is 0 Å². The summed E-state index contributed by atoms with van der Waals surface area (Å²) >= 11 is 0. The van der Waals surface area contributed by atoms with Crippen LogP contribution in [0.3, 0.4) is 0 Å². The Hall–Kier alpha value is -3.71. The Morgan fingerprint density at radius 1 is 1.24 bits per heavy atom. The molecule has 1 aliphatic carbocycles. The Morgan fingerprint density at radius 3 is 2.74 bits per heavy atom. The standard InChI is InChI=1S/C27H29N5O2/c1-16(2)12-29-26-27-30-13-24(18-9-10-21(25(28)34)22(11-18)17-7-8-17)32(27)14-23(31-26)20-6-4-3-5-19(20)15-33/h3-6,9-11,13-14,16-17,33H,7-8,12,15H2,1-2H3,(H2,28,34)(H,29,31). The minimum Gasteiger partial charge on any atom is -0.392 e. The zero-order valence-electron chi connectivity index (χ0n) is 19.5. The number of nitrogens with one attached hydrogen (secondary N) is 1. The van der Waals surface area contributed by atoms with E-state index in [0.29, 0.717) is 23.2 Å². The fraction of sp³-hybridized carbons (Fsp3) is 0.296. The van der Waals surface area contributed by atoms with Crippen molar-refractivity contribution in [3.63, 3.8) is 0 Å². The summed E-state index contributed by atoms with van der Waals surface area (Å²) in [6, 6.07) is 13.6. The zero-order valence-corrected chi connectivity index (χ0v) is 19.5. The number of rotatable bonds is 8. The summed E-state index contributed by atoms with van der Waals surface area (Å²) in [6.07, 6.45) is 5.96. The fourth-order valence-electron chi connectivity index (χ4n) is 4.34. The largest absolute Gasteiger partial charge is 0.392 e. The van der Waals surface area contributed by atoms with Crippen molar-refractivity contribution in [1.29, 1.82) is 0 Å². The lowest BCUT2D eigenvalue weighted by atomic mass is 9.98. The third-order valence-corrected chi connectivity index (χ3v) is 6.26. The first-order chi connectivity index (χ1) is 16.5. The number of primary amides is 1. The maximum absolute atomic E-state index is 12.0. The highest BCUT2D eigenvalue weighted by Crippen LogP contribution is 2.43. The minimum atomic E-state index is -0.390. The molecule has 2 aromatic heterocycles. The van der Waals surface area contributed by atoms with E-state index in [1.54, 1.807) is 0 Å². The molecular weight excluding hydrogens is 426 g/mol. The van der Waals surface area contributed by atoms with Crippen molar-refractivity contribution in [2.75, 3.05) is 11.9 Å². The molecule has 34 heavy (non-hydrogen) atoms. The zero-order chi connectivity index (χ0) is 23.8. The van der Waals surface area contributed by atoms with Crippen molar-refractivity contribution in [2.45, 2.75) is 39.2 Å². The number of imidazole rings is 1. The van der Waals surface area contributed by atoms with Gasteiger partial charge in [0.25, 0.3) is 0 Å². The Labute approximate surface area is 198 Å². The predicted molar refractivity (Wildman–Crippen MR) is 134 cm³/mol. The Bertz CT molecular complexity index is 1370. The summed E-state index contributed by atoms with van der Waals surface area (Å²) in [6.45, 7) is 4.98. The van der Waals surface area contributed by atoms with Gasteiger partial charge in [-0.15, -0.1) is 0 Å². The SMILES string of the molecule is CC(C)CNc1nc(-c2ccccc2CO)cn2c(-c3ccc(C(N)=O)c(C4CC4)c3)cnc12. The number of nitrogens with two attached hydrogens (primary N) is 1. The molecular formula is C27H29N5O2. The highest BCUT2D eigenvalue weighted by Gasteiger charge is 2.28. The first-order valence-electron chi connectivity index (χ1n) is 11.7. The van der Waals surface area contributed by atoms with Gasteiger partial charge in [-0.05, 0) is 47.9 Å². The third kappa shape index (κ3) is 4.15. The summed E-state index contributed by atoms with van der Waals surface area (Å²) < 4.78 is 2.04. The van der Waals surface area contributed by atoms with Crippen LogP contribution < -0.4 is 11.1 Å². The van der Waals surface area contributed by atoms with E-state index in [4.69, 9.17) is 15.7 Å². The number of aromatic nitrogens is 3. The van der Waals surface area contributed by atoms with Crippen molar-refractivity contribution >= 4 is 17.4 Å².